The van der Waals surface area contributed by atoms with E-state index in [-0.39, 0.29) is 0 Å². The van der Waals surface area contributed by atoms with E-state index in [0.29, 0.717) is 5.92 Å². The molecule has 1 aliphatic heterocycles. The lowest BCUT2D eigenvalue weighted by Gasteiger charge is -2.22. The number of hydrogen-bond acceptors (Lipinski definition) is 3. The third kappa shape index (κ3) is 2.08. The van der Waals surface area contributed by atoms with Crippen LogP contribution in [-0.2, 0) is 6.42 Å². The fourth-order valence-electron chi connectivity index (χ4n) is 2.73. The number of fused-ring (bicyclic) bond motifs is 1. The Kier molecular flexibility index (Phi) is 3.19. The maximum Gasteiger partial charge on any atom is 0.144 e. The minimum Gasteiger partial charge on any atom is -0.494 e. The maximum atomic E-state index is 5.36. The number of ether oxygens (including phenoxy) is 1. The van der Waals surface area contributed by atoms with E-state index >= 15 is 0 Å². The van der Waals surface area contributed by atoms with Crippen molar-refractivity contribution in [2.75, 3.05) is 20.2 Å². The standard InChI is InChI=1S/C14H19N3O/c1-18-13-5-3-7-17-12(13)10-16-14(17)8-11-4-2-6-15-9-11/h3,5,7,10-11,15H,2,4,6,8-9H2,1H3. The molecule has 0 amide bonds. The van der Waals surface area contributed by atoms with Gasteiger partial charge in [0, 0.05) is 12.6 Å². The van der Waals surface area contributed by atoms with Crippen LogP contribution in [-0.4, -0.2) is 29.6 Å². The molecule has 4 nitrogen and oxygen atoms in total. The average molecular weight is 245 g/mol. The molecule has 1 aliphatic rings. The van der Waals surface area contributed by atoms with Gasteiger partial charge in [-0.25, -0.2) is 4.98 Å². The molecule has 1 saturated heterocycles. The second-order valence-electron chi connectivity index (χ2n) is 4.92. The highest BCUT2D eigenvalue weighted by molar-refractivity contribution is 5.59. The van der Waals surface area contributed by atoms with Gasteiger partial charge in [0.1, 0.15) is 17.1 Å². The van der Waals surface area contributed by atoms with Gasteiger partial charge in [-0.1, -0.05) is 0 Å². The van der Waals surface area contributed by atoms with Crippen molar-refractivity contribution in [3.63, 3.8) is 0 Å². The van der Waals surface area contributed by atoms with Crippen molar-refractivity contribution in [2.24, 2.45) is 5.92 Å². The summed E-state index contributed by atoms with van der Waals surface area (Å²) < 4.78 is 7.50. The Morgan fingerprint density at radius 2 is 2.50 bits per heavy atom. The minimum absolute atomic E-state index is 0.704. The number of aromatic nitrogens is 2. The fraction of sp³-hybridized carbons (Fsp3) is 0.500. The van der Waals surface area contributed by atoms with E-state index < -0.39 is 0 Å². The molecule has 3 rings (SSSR count). The summed E-state index contributed by atoms with van der Waals surface area (Å²) >= 11 is 0. The van der Waals surface area contributed by atoms with Gasteiger partial charge in [0.2, 0.25) is 0 Å². The predicted molar refractivity (Wildman–Crippen MR) is 71.0 cm³/mol. The molecule has 1 N–H and O–H groups in total. The van der Waals surface area contributed by atoms with Crippen molar-refractivity contribution < 1.29 is 4.74 Å². The first-order chi connectivity index (χ1) is 8.88. The van der Waals surface area contributed by atoms with Crippen LogP contribution in [0.4, 0.5) is 0 Å². The molecule has 1 unspecified atom stereocenters. The number of nitrogens with one attached hydrogen (secondary N) is 1. The van der Waals surface area contributed by atoms with Crippen molar-refractivity contribution in [2.45, 2.75) is 19.3 Å². The van der Waals surface area contributed by atoms with Crippen molar-refractivity contribution in [3.8, 4) is 5.75 Å². The van der Waals surface area contributed by atoms with Gasteiger partial charge in [0.25, 0.3) is 0 Å². The fourth-order valence-corrected chi connectivity index (χ4v) is 2.73. The molecule has 96 valence electrons. The highest BCUT2D eigenvalue weighted by Crippen LogP contribution is 2.22. The Hall–Kier alpha value is -1.55. The largest absolute Gasteiger partial charge is 0.494 e. The number of piperidine rings is 1. The van der Waals surface area contributed by atoms with Crippen LogP contribution in [0.5, 0.6) is 5.75 Å². The van der Waals surface area contributed by atoms with Crippen molar-refractivity contribution >= 4 is 5.52 Å². The Morgan fingerprint density at radius 1 is 1.56 bits per heavy atom. The Labute approximate surface area is 107 Å². The minimum atomic E-state index is 0.704. The zero-order valence-corrected chi connectivity index (χ0v) is 10.7. The van der Waals surface area contributed by atoms with E-state index in [2.05, 4.69) is 20.9 Å². The Balaban J connectivity index is 1.88. The monoisotopic (exact) mass is 245 g/mol. The number of methoxy groups -OCH3 is 1. The summed E-state index contributed by atoms with van der Waals surface area (Å²) in [5.74, 6) is 2.73. The molecular weight excluding hydrogens is 226 g/mol. The Bertz CT molecular complexity index is 529. The van der Waals surface area contributed by atoms with Crippen LogP contribution in [0.3, 0.4) is 0 Å². The SMILES string of the molecule is COc1cccn2c(CC3CCCNC3)ncc12. The van der Waals surface area contributed by atoms with E-state index in [9.17, 15) is 0 Å². The van der Waals surface area contributed by atoms with Crippen LogP contribution in [0.15, 0.2) is 24.5 Å². The van der Waals surface area contributed by atoms with E-state index in [1.807, 2.05) is 18.3 Å². The second kappa shape index (κ2) is 4.98. The first-order valence-corrected chi connectivity index (χ1v) is 6.58. The zero-order chi connectivity index (χ0) is 12.4. The van der Waals surface area contributed by atoms with E-state index in [1.165, 1.54) is 12.8 Å². The third-order valence-corrected chi connectivity index (χ3v) is 3.70. The molecule has 0 radical (unpaired) electrons. The highest BCUT2D eigenvalue weighted by Gasteiger charge is 2.16. The number of rotatable bonds is 3. The summed E-state index contributed by atoms with van der Waals surface area (Å²) in [6, 6.07) is 3.99. The summed E-state index contributed by atoms with van der Waals surface area (Å²) in [4.78, 5) is 4.55. The smallest absolute Gasteiger partial charge is 0.144 e. The van der Waals surface area contributed by atoms with Crippen molar-refractivity contribution in [1.82, 2.24) is 14.7 Å². The molecule has 0 spiro atoms. The van der Waals surface area contributed by atoms with Crippen LogP contribution in [0.2, 0.25) is 0 Å². The number of imidazole rings is 1. The Morgan fingerprint density at radius 3 is 3.28 bits per heavy atom. The topological polar surface area (TPSA) is 38.6 Å². The average Bonchev–Trinajstić information content (AvgIpc) is 2.83. The van der Waals surface area contributed by atoms with Crippen LogP contribution >= 0.6 is 0 Å². The van der Waals surface area contributed by atoms with Crippen LogP contribution in [0.25, 0.3) is 5.52 Å². The molecule has 0 bridgehead atoms. The van der Waals surface area contributed by atoms with Gasteiger partial charge in [-0.3, -0.25) is 0 Å². The van der Waals surface area contributed by atoms with Gasteiger partial charge in [-0.15, -0.1) is 0 Å². The first kappa shape index (κ1) is 11.5. The molecule has 3 heterocycles. The van der Waals surface area contributed by atoms with Crippen LogP contribution < -0.4 is 10.1 Å². The normalized spacial score (nSPS) is 20.2. The van der Waals surface area contributed by atoms with Gasteiger partial charge in [0.05, 0.1) is 13.3 Å². The molecule has 4 heteroatoms. The number of hydrogen-bond donors (Lipinski definition) is 1. The molecule has 0 saturated carbocycles. The van der Waals surface area contributed by atoms with E-state index in [1.54, 1.807) is 7.11 Å². The lowest BCUT2D eigenvalue weighted by molar-refractivity contribution is 0.370. The van der Waals surface area contributed by atoms with Gasteiger partial charge in [0.15, 0.2) is 0 Å². The van der Waals surface area contributed by atoms with Crippen LogP contribution in [0, 0.1) is 5.92 Å². The summed E-state index contributed by atoms with van der Waals surface area (Å²) in [5.41, 5.74) is 1.05. The van der Waals surface area contributed by atoms with Gasteiger partial charge in [-0.2, -0.15) is 0 Å². The predicted octanol–water partition coefficient (Wildman–Crippen LogP) is 1.88. The van der Waals surface area contributed by atoms with E-state index in [4.69, 9.17) is 4.74 Å². The van der Waals surface area contributed by atoms with Crippen molar-refractivity contribution in [3.05, 3.63) is 30.4 Å². The highest BCUT2D eigenvalue weighted by atomic mass is 16.5. The van der Waals surface area contributed by atoms with Crippen LogP contribution in [0.1, 0.15) is 18.7 Å². The second-order valence-corrected chi connectivity index (χ2v) is 4.92. The van der Waals surface area contributed by atoms with Gasteiger partial charge < -0.3 is 14.5 Å². The van der Waals surface area contributed by atoms with Gasteiger partial charge in [-0.05, 0) is 44.0 Å². The molecule has 18 heavy (non-hydrogen) atoms. The molecule has 1 atom stereocenters. The molecular formula is C14H19N3O. The summed E-state index contributed by atoms with van der Waals surface area (Å²) in [5, 5.41) is 3.46. The molecule has 2 aromatic heterocycles. The number of pyridine rings is 1. The van der Waals surface area contributed by atoms with Crippen molar-refractivity contribution in [1.29, 1.82) is 0 Å². The maximum absolute atomic E-state index is 5.36. The first-order valence-electron chi connectivity index (χ1n) is 6.58. The quantitative estimate of drug-likeness (QED) is 0.897. The number of nitrogens with zero attached hydrogens (tertiary/aromatic N) is 2. The third-order valence-electron chi connectivity index (χ3n) is 3.70. The zero-order valence-electron chi connectivity index (χ0n) is 10.7. The van der Waals surface area contributed by atoms with E-state index in [0.717, 1.165) is 36.6 Å². The molecule has 2 aromatic rings. The summed E-state index contributed by atoms with van der Waals surface area (Å²) in [6.45, 7) is 2.27. The molecule has 0 aromatic carbocycles. The summed E-state index contributed by atoms with van der Waals surface area (Å²) in [7, 11) is 1.70. The van der Waals surface area contributed by atoms with Gasteiger partial charge >= 0.3 is 0 Å². The molecule has 0 aliphatic carbocycles. The lowest BCUT2D eigenvalue weighted by Crippen LogP contribution is -2.31. The molecule has 1 fully saturated rings. The summed E-state index contributed by atoms with van der Waals surface area (Å²) in [6.07, 6.45) is 7.58. The lowest BCUT2D eigenvalue weighted by atomic mass is 9.96.